The number of hydrogen-bond donors (Lipinski definition) is 2. The molecule has 0 saturated heterocycles. The van der Waals surface area contributed by atoms with Crippen LogP contribution in [0.25, 0.3) is 0 Å². The zero-order valence-electron chi connectivity index (χ0n) is 6.82. The Labute approximate surface area is 78.0 Å². The molecule has 0 aromatic heterocycles. The van der Waals surface area contributed by atoms with Crippen molar-refractivity contribution in [3.05, 3.63) is 24.0 Å². The van der Waals surface area contributed by atoms with Crippen LogP contribution in [0, 0.1) is 0 Å². The largest absolute Gasteiger partial charge is 0.478 e. The average molecular weight is 198 g/mol. The molecule has 7 nitrogen and oxygen atoms in total. The van der Waals surface area contributed by atoms with E-state index in [9.17, 15) is 9.59 Å². The van der Waals surface area contributed by atoms with Crippen LogP contribution >= 0.6 is 0 Å². The Bertz CT molecular complexity index is 332. The minimum absolute atomic E-state index is 0.374. The normalized spacial score (nSPS) is 20.3. The van der Waals surface area contributed by atoms with Crippen LogP contribution in [0.4, 0.5) is 0 Å². The summed E-state index contributed by atoms with van der Waals surface area (Å²) in [6.07, 6.45) is 2.99. The Kier molecular flexibility index (Phi) is 2.95. The van der Waals surface area contributed by atoms with Crippen molar-refractivity contribution >= 4 is 11.9 Å². The number of aliphatic carboxylic acids is 2. The molecule has 0 aliphatic carbocycles. The van der Waals surface area contributed by atoms with E-state index >= 15 is 0 Å². The van der Waals surface area contributed by atoms with Crippen molar-refractivity contribution in [1.82, 2.24) is 0 Å². The molecule has 0 fully saturated rings. The SMILES string of the molecule is O=C(O)C=C(C(=O)O)C1C=CON=N1. The predicted octanol–water partition coefficient (Wildman–Crippen LogP) is 0.362. The molecule has 1 heterocycles. The van der Waals surface area contributed by atoms with Gasteiger partial charge in [-0.15, -0.1) is 5.11 Å². The molecule has 0 radical (unpaired) electrons. The highest BCUT2D eigenvalue weighted by molar-refractivity contribution is 5.96. The van der Waals surface area contributed by atoms with Gasteiger partial charge in [-0.25, -0.2) is 9.59 Å². The van der Waals surface area contributed by atoms with Crippen molar-refractivity contribution in [3.8, 4) is 0 Å². The molecule has 1 aliphatic heterocycles. The number of carboxylic acids is 2. The molecule has 0 bridgehead atoms. The molecule has 1 aliphatic rings. The minimum Gasteiger partial charge on any atom is -0.478 e. The molecular weight excluding hydrogens is 192 g/mol. The molecule has 0 aromatic rings. The van der Waals surface area contributed by atoms with Gasteiger partial charge in [0.1, 0.15) is 12.3 Å². The van der Waals surface area contributed by atoms with Crippen molar-refractivity contribution < 1.29 is 24.6 Å². The summed E-state index contributed by atoms with van der Waals surface area (Å²) >= 11 is 0. The van der Waals surface area contributed by atoms with E-state index in [0.29, 0.717) is 6.08 Å². The minimum atomic E-state index is -1.36. The summed E-state index contributed by atoms with van der Waals surface area (Å²) in [4.78, 5) is 25.3. The topological polar surface area (TPSA) is 109 Å². The third-order valence-corrected chi connectivity index (χ3v) is 1.38. The lowest BCUT2D eigenvalue weighted by Crippen LogP contribution is -2.16. The smallest absolute Gasteiger partial charge is 0.334 e. The molecular formula is C7H6N2O5. The molecule has 1 atom stereocenters. The zero-order valence-corrected chi connectivity index (χ0v) is 6.82. The van der Waals surface area contributed by atoms with Crippen molar-refractivity contribution in [1.29, 1.82) is 0 Å². The van der Waals surface area contributed by atoms with E-state index in [2.05, 4.69) is 15.2 Å². The second kappa shape index (κ2) is 4.17. The maximum atomic E-state index is 10.6. The molecule has 74 valence electrons. The number of hydrogen-bond acceptors (Lipinski definition) is 5. The summed E-state index contributed by atoms with van der Waals surface area (Å²) in [7, 11) is 0. The summed E-state index contributed by atoms with van der Waals surface area (Å²) in [6.45, 7) is 0. The summed E-state index contributed by atoms with van der Waals surface area (Å²) in [5, 5.41) is 23.6. The summed E-state index contributed by atoms with van der Waals surface area (Å²) in [5.74, 6) is -2.71. The first-order valence-corrected chi connectivity index (χ1v) is 3.51. The molecule has 0 amide bonds. The highest BCUT2D eigenvalue weighted by atomic mass is 16.6. The standard InChI is InChI=1S/C7H6N2O5/c10-6(11)3-4(7(12)13)5-1-2-14-9-8-5/h1-3,5H,(H,10,11)(H,12,13). The van der Waals surface area contributed by atoms with E-state index in [1.807, 2.05) is 0 Å². The zero-order chi connectivity index (χ0) is 10.6. The van der Waals surface area contributed by atoms with Crippen molar-refractivity contribution in [2.75, 3.05) is 0 Å². The number of rotatable bonds is 3. The van der Waals surface area contributed by atoms with Crippen LogP contribution < -0.4 is 0 Å². The molecule has 14 heavy (non-hydrogen) atoms. The number of carbonyl (C=O) groups is 2. The third-order valence-electron chi connectivity index (χ3n) is 1.38. The fourth-order valence-electron chi connectivity index (χ4n) is 0.826. The maximum Gasteiger partial charge on any atom is 0.334 e. The van der Waals surface area contributed by atoms with Gasteiger partial charge in [0.15, 0.2) is 0 Å². The van der Waals surface area contributed by atoms with Crippen LogP contribution in [-0.4, -0.2) is 28.2 Å². The van der Waals surface area contributed by atoms with Crippen molar-refractivity contribution in [2.24, 2.45) is 10.4 Å². The van der Waals surface area contributed by atoms with E-state index in [1.54, 1.807) is 0 Å². The van der Waals surface area contributed by atoms with Gasteiger partial charge in [-0.1, -0.05) is 0 Å². The van der Waals surface area contributed by atoms with Crippen LogP contribution in [0.15, 0.2) is 34.4 Å². The second-order valence-electron chi connectivity index (χ2n) is 2.32. The fraction of sp³-hybridized carbons (Fsp3) is 0.143. The lowest BCUT2D eigenvalue weighted by molar-refractivity contribution is -0.135. The van der Waals surface area contributed by atoms with Crippen LogP contribution in [0.3, 0.4) is 0 Å². The molecule has 1 unspecified atom stereocenters. The Morgan fingerprint density at radius 3 is 2.57 bits per heavy atom. The van der Waals surface area contributed by atoms with Gasteiger partial charge in [-0.3, -0.25) is 0 Å². The number of nitrogens with zero attached hydrogens (tertiary/aromatic N) is 2. The Morgan fingerprint density at radius 2 is 2.14 bits per heavy atom. The molecule has 0 saturated carbocycles. The van der Waals surface area contributed by atoms with Crippen molar-refractivity contribution in [2.45, 2.75) is 6.04 Å². The Balaban J connectivity index is 2.93. The van der Waals surface area contributed by atoms with Crippen LogP contribution in [0.2, 0.25) is 0 Å². The van der Waals surface area contributed by atoms with E-state index in [-0.39, 0.29) is 5.57 Å². The van der Waals surface area contributed by atoms with E-state index < -0.39 is 18.0 Å². The predicted molar refractivity (Wildman–Crippen MR) is 42.2 cm³/mol. The lowest BCUT2D eigenvalue weighted by Gasteiger charge is -2.08. The van der Waals surface area contributed by atoms with Gasteiger partial charge < -0.3 is 15.1 Å². The average Bonchev–Trinajstić information content (AvgIpc) is 2.15. The number of carboxylic acid groups (broad SMARTS) is 2. The molecule has 0 spiro atoms. The van der Waals surface area contributed by atoms with Gasteiger partial charge in [0.05, 0.1) is 5.57 Å². The third kappa shape index (κ3) is 2.41. The lowest BCUT2D eigenvalue weighted by atomic mass is 10.1. The van der Waals surface area contributed by atoms with Gasteiger partial charge in [0, 0.05) is 11.4 Å². The fourth-order valence-corrected chi connectivity index (χ4v) is 0.826. The molecule has 2 N–H and O–H groups in total. The molecule has 0 aromatic carbocycles. The second-order valence-corrected chi connectivity index (χ2v) is 2.32. The monoisotopic (exact) mass is 198 g/mol. The van der Waals surface area contributed by atoms with Gasteiger partial charge in [0.2, 0.25) is 0 Å². The van der Waals surface area contributed by atoms with Gasteiger partial charge >= 0.3 is 11.9 Å². The van der Waals surface area contributed by atoms with E-state index in [4.69, 9.17) is 10.2 Å². The summed E-state index contributed by atoms with van der Waals surface area (Å²) in [5.41, 5.74) is -0.374. The van der Waals surface area contributed by atoms with Crippen LogP contribution in [0.1, 0.15) is 0 Å². The van der Waals surface area contributed by atoms with Crippen LogP contribution in [0.5, 0.6) is 0 Å². The maximum absolute atomic E-state index is 10.6. The first-order chi connectivity index (χ1) is 6.61. The van der Waals surface area contributed by atoms with E-state index in [0.717, 1.165) is 6.26 Å². The van der Waals surface area contributed by atoms with Crippen LogP contribution in [-0.2, 0) is 14.4 Å². The quantitative estimate of drug-likeness (QED) is 0.636. The first-order valence-electron chi connectivity index (χ1n) is 3.51. The first kappa shape index (κ1) is 9.90. The van der Waals surface area contributed by atoms with Crippen molar-refractivity contribution in [3.63, 3.8) is 0 Å². The Morgan fingerprint density at radius 1 is 1.43 bits per heavy atom. The van der Waals surface area contributed by atoms with Gasteiger partial charge in [0.25, 0.3) is 0 Å². The summed E-state index contributed by atoms with van der Waals surface area (Å²) < 4.78 is 0. The highest BCUT2D eigenvalue weighted by Crippen LogP contribution is 2.13. The van der Waals surface area contributed by atoms with Gasteiger partial charge in [-0.05, 0) is 6.08 Å². The highest BCUT2D eigenvalue weighted by Gasteiger charge is 2.20. The summed E-state index contributed by atoms with van der Waals surface area (Å²) in [6, 6.07) is -0.919. The molecule has 1 rings (SSSR count). The van der Waals surface area contributed by atoms with Gasteiger partial charge in [-0.2, -0.15) is 0 Å². The Hall–Kier alpha value is -2.18. The molecule has 7 heteroatoms. The van der Waals surface area contributed by atoms with E-state index in [1.165, 1.54) is 6.08 Å².